The number of esters is 1. The average Bonchev–Trinajstić information content (AvgIpc) is 3.50. The molecule has 1 fully saturated rings. The van der Waals surface area contributed by atoms with E-state index in [4.69, 9.17) is 13.9 Å². The van der Waals surface area contributed by atoms with Crippen LogP contribution in [0.5, 0.6) is 5.75 Å². The molecule has 4 rings (SSSR count). The standard InChI is InChI=1S/C22H24N2O6S2/c1-2-28-18-5-7-19(8-6-18)32(26,27)24-11-9-16(10-12-24)22(25)30-14-17-15-31-21(23-17)20-4-3-13-29-20/h3-8,13,15-16H,2,9-12,14H2,1H3. The van der Waals surface area contributed by atoms with Gasteiger partial charge in [0, 0.05) is 18.5 Å². The number of thiazole rings is 1. The Labute approximate surface area is 190 Å². The lowest BCUT2D eigenvalue weighted by atomic mass is 9.98. The van der Waals surface area contributed by atoms with Crippen molar-refractivity contribution in [3.8, 4) is 16.5 Å². The van der Waals surface area contributed by atoms with E-state index >= 15 is 0 Å². The fourth-order valence-corrected chi connectivity index (χ4v) is 5.75. The van der Waals surface area contributed by atoms with Crippen molar-refractivity contribution in [3.63, 3.8) is 0 Å². The van der Waals surface area contributed by atoms with Crippen LogP contribution in [-0.2, 0) is 26.2 Å². The van der Waals surface area contributed by atoms with Gasteiger partial charge in [-0.3, -0.25) is 4.79 Å². The molecule has 1 saturated heterocycles. The fraction of sp³-hybridized carbons (Fsp3) is 0.364. The molecule has 0 N–H and O–H groups in total. The van der Waals surface area contributed by atoms with E-state index in [1.165, 1.54) is 15.6 Å². The summed E-state index contributed by atoms with van der Waals surface area (Å²) in [5.41, 5.74) is 0.658. The zero-order valence-corrected chi connectivity index (χ0v) is 19.2. The number of furan rings is 1. The van der Waals surface area contributed by atoms with Crippen LogP contribution in [0, 0.1) is 5.92 Å². The second-order valence-electron chi connectivity index (χ2n) is 7.31. The predicted molar refractivity (Wildman–Crippen MR) is 119 cm³/mol. The Balaban J connectivity index is 1.28. The lowest BCUT2D eigenvalue weighted by Crippen LogP contribution is -2.40. The van der Waals surface area contributed by atoms with Crippen LogP contribution in [0.3, 0.4) is 0 Å². The number of nitrogens with zero attached hydrogens (tertiary/aromatic N) is 2. The molecule has 2 aromatic heterocycles. The second-order valence-corrected chi connectivity index (χ2v) is 10.1. The zero-order chi connectivity index (χ0) is 22.6. The van der Waals surface area contributed by atoms with Crippen LogP contribution in [0.1, 0.15) is 25.5 Å². The fourth-order valence-electron chi connectivity index (χ4n) is 3.51. The van der Waals surface area contributed by atoms with E-state index in [0.717, 1.165) is 5.01 Å². The number of hydrogen-bond donors (Lipinski definition) is 0. The maximum atomic E-state index is 12.9. The monoisotopic (exact) mass is 476 g/mol. The van der Waals surface area contributed by atoms with E-state index < -0.39 is 10.0 Å². The topological polar surface area (TPSA) is 98.9 Å². The van der Waals surface area contributed by atoms with E-state index in [0.29, 0.717) is 36.7 Å². The van der Waals surface area contributed by atoms with Gasteiger partial charge in [-0.25, -0.2) is 13.4 Å². The van der Waals surface area contributed by atoms with Crippen molar-refractivity contribution < 1.29 is 27.1 Å². The van der Waals surface area contributed by atoms with Crippen LogP contribution in [0.15, 0.2) is 57.4 Å². The van der Waals surface area contributed by atoms with Crippen molar-refractivity contribution in [1.82, 2.24) is 9.29 Å². The highest BCUT2D eigenvalue weighted by Crippen LogP contribution is 2.27. The van der Waals surface area contributed by atoms with Gasteiger partial charge in [0.15, 0.2) is 10.8 Å². The summed E-state index contributed by atoms with van der Waals surface area (Å²) in [5.74, 6) is 0.651. The Bertz CT molecular complexity index is 1130. The number of ether oxygens (including phenoxy) is 2. The van der Waals surface area contributed by atoms with Gasteiger partial charge in [0.2, 0.25) is 10.0 Å². The average molecular weight is 477 g/mol. The Morgan fingerprint density at radius 1 is 1.22 bits per heavy atom. The van der Waals surface area contributed by atoms with Crippen molar-refractivity contribution in [2.24, 2.45) is 5.92 Å². The van der Waals surface area contributed by atoms with Gasteiger partial charge in [-0.15, -0.1) is 11.3 Å². The zero-order valence-electron chi connectivity index (χ0n) is 17.6. The van der Waals surface area contributed by atoms with Crippen LogP contribution >= 0.6 is 11.3 Å². The number of aromatic nitrogens is 1. The van der Waals surface area contributed by atoms with Gasteiger partial charge in [0.1, 0.15) is 12.4 Å². The van der Waals surface area contributed by atoms with Gasteiger partial charge >= 0.3 is 5.97 Å². The molecular weight excluding hydrogens is 452 g/mol. The molecule has 32 heavy (non-hydrogen) atoms. The summed E-state index contributed by atoms with van der Waals surface area (Å²) in [6.07, 6.45) is 2.42. The molecule has 8 nitrogen and oxygen atoms in total. The van der Waals surface area contributed by atoms with E-state index in [9.17, 15) is 13.2 Å². The number of hydrogen-bond acceptors (Lipinski definition) is 8. The molecule has 0 aliphatic carbocycles. The summed E-state index contributed by atoms with van der Waals surface area (Å²) in [6.45, 7) is 3.02. The van der Waals surface area contributed by atoms with E-state index in [1.807, 2.05) is 18.4 Å². The summed E-state index contributed by atoms with van der Waals surface area (Å²) < 4.78 is 43.3. The van der Waals surface area contributed by atoms with Gasteiger partial charge in [0.25, 0.3) is 0 Å². The molecule has 0 bridgehead atoms. The highest BCUT2D eigenvalue weighted by molar-refractivity contribution is 7.89. The smallest absolute Gasteiger partial charge is 0.309 e. The summed E-state index contributed by atoms with van der Waals surface area (Å²) in [4.78, 5) is 17.1. The molecule has 0 atom stereocenters. The molecule has 1 aliphatic rings. The highest BCUT2D eigenvalue weighted by atomic mass is 32.2. The van der Waals surface area contributed by atoms with E-state index in [-0.39, 0.29) is 36.5 Å². The molecule has 3 heterocycles. The number of sulfonamides is 1. The van der Waals surface area contributed by atoms with Gasteiger partial charge in [-0.05, 0) is 56.2 Å². The lowest BCUT2D eigenvalue weighted by molar-refractivity contribution is -0.151. The SMILES string of the molecule is CCOc1ccc(S(=O)(=O)N2CCC(C(=O)OCc3csc(-c4ccco4)n3)CC2)cc1. The van der Waals surface area contributed by atoms with Crippen LogP contribution in [0.25, 0.3) is 10.8 Å². The molecule has 0 amide bonds. The third-order valence-electron chi connectivity index (χ3n) is 5.21. The van der Waals surface area contributed by atoms with Crippen LogP contribution < -0.4 is 4.74 Å². The largest absolute Gasteiger partial charge is 0.494 e. The molecule has 0 saturated carbocycles. The first-order valence-corrected chi connectivity index (χ1v) is 12.7. The van der Waals surface area contributed by atoms with Gasteiger partial charge in [-0.2, -0.15) is 4.31 Å². The molecule has 1 aliphatic heterocycles. The normalized spacial score (nSPS) is 15.5. The van der Waals surface area contributed by atoms with Crippen molar-refractivity contribution >= 4 is 27.3 Å². The first-order chi connectivity index (χ1) is 15.5. The van der Waals surface area contributed by atoms with Crippen molar-refractivity contribution in [2.45, 2.75) is 31.3 Å². The minimum Gasteiger partial charge on any atom is -0.494 e. The Hall–Kier alpha value is -2.69. The van der Waals surface area contributed by atoms with E-state index in [1.54, 1.807) is 36.6 Å². The van der Waals surface area contributed by atoms with Gasteiger partial charge < -0.3 is 13.9 Å². The molecular formula is C22H24N2O6S2. The Kier molecular flexibility index (Phi) is 6.92. The van der Waals surface area contributed by atoms with Crippen molar-refractivity contribution in [1.29, 1.82) is 0 Å². The third-order valence-corrected chi connectivity index (χ3v) is 8.02. The molecule has 10 heteroatoms. The van der Waals surface area contributed by atoms with Gasteiger partial charge in [-0.1, -0.05) is 0 Å². The second kappa shape index (κ2) is 9.85. The Morgan fingerprint density at radius 3 is 2.62 bits per heavy atom. The number of piperidine rings is 1. The molecule has 170 valence electrons. The van der Waals surface area contributed by atoms with Crippen LogP contribution in [0.2, 0.25) is 0 Å². The maximum Gasteiger partial charge on any atom is 0.309 e. The van der Waals surface area contributed by atoms with Crippen molar-refractivity contribution in [3.05, 3.63) is 53.7 Å². The number of carbonyl (C=O) groups excluding carboxylic acids is 1. The van der Waals surface area contributed by atoms with Gasteiger partial charge in [0.05, 0.1) is 29.4 Å². The molecule has 0 radical (unpaired) electrons. The molecule has 0 unspecified atom stereocenters. The van der Waals surface area contributed by atoms with Crippen LogP contribution in [0.4, 0.5) is 0 Å². The summed E-state index contributed by atoms with van der Waals surface area (Å²) in [5, 5.41) is 2.56. The lowest BCUT2D eigenvalue weighted by Gasteiger charge is -2.30. The number of benzene rings is 1. The first kappa shape index (κ1) is 22.5. The van der Waals surface area contributed by atoms with Crippen molar-refractivity contribution in [2.75, 3.05) is 19.7 Å². The first-order valence-electron chi connectivity index (χ1n) is 10.4. The Morgan fingerprint density at radius 2 is 1.97 bits per heavy atom. The number of rotatable bonds is 8. The molecule has 0 spiro atoms. The maximum absolute atomic E-state index is 12.9. The molecule has 3 aromatic rings. The highest BCUT2D eigenvalue weighted by Gasteiger charge is 2.33. The predicted octanol–water partition coefficient (Wildman–Crippen LogP) is 3.95. The third kappa shape index (κ3) is 5.03. The minimum absolute atomic E-state index is 0.0841. The summed E-state index contributed by atoms with van der Waals surface area (Å²) >= 11 is 1.42. The van der Waals surface area contributed by atoms with Crippen LogP contribution in [-0.4, -0.2) is 43.4 Å². The molecule has 1 aromatic carbocycles. The summed E-state index contributed by atoms with van der Waals surface area (Å²) in [6, 6.07) is 10.0. The minimum atomic E-state index is -3.61. The summed E-state index contributed by atoms with van der Waals surface area (Å²) in [7, 11) is -3.61. The quantitative estimate of drug-likeness (QED) is 0.454. The van der Waals surface area contributed by atoms with E-state index in [2.05, 4.69) is 4.98 Å². The number of carbonyl (C=O) groups is 1.